The van der Waals surface area contributed by atoms with Crippen molar-refractivity contribution in [3.63, 3.8) is 0 Å². The number of aryl methyl sites for hydroxylation is 2. The third-order valence-electron chi connectivity index (χ3n) is 3.99. The van der Waals surface area contributed by atoms with E-state index in [-0.39, 0.29) is 0 Å². The highest BCUT2D eigenvalue weighted by Crippen LogP contribution is 2.17. The number of nitrogens with zero attached hydrogens (tertiary/aromatic N) is 2. The van der Waals surface area contributed by atoms with Crippen LogP contribution in [0.15, 0.2) is 0 Å². The first-order valence-electron chi connectivity index (χ1n) is 7.68. The SMILES string of the molecule is CCNC(CCc1c(C)nn(C)c1C)CCC(C)C. The molecule has 0 bridgehead atoms. The van der Waals surface area contributed by atoms with Crippen molar-refractivity contribution in [2.75, 3.05) is 6.54 Å². The van der Waals surface area contributed by atoms with Crippen molar-refractivity contribution in [3.05, 3.63) is 17.0 Å². The predicted octanol–water partition coefficient (Wildman–Crippen LogP) is 3.38. The largest absolute Gasteiger partial charge is 0.314 e. The Balaban J connectivity index is 2.55. The van der Waals surface area contributed by atoms with E-state index in [1.54, 1.807) is 0 Å². The van der Waals surface area contributed by atoms with Crippen LogP contribution in [0.4, 0.5) is 0 Å². The molecular weight excluding hydrogens is 234 g/mol. The lowest BCUT2D eigenvalue weighted by Gasteiger charge is -2.19. The van der Waals surface area contributed by atoms with Crippen LogP contribution < -0.4 is 5.32 Å². The van der Waals surface area contributed by atoms with Gasteiger partial charge in [0.1, 0.15) is 0 Å². The summed E-state index contributed by atoms with van der Waals surface area (Å²) in [5.41, 5.74) is 3.95. The fourth-order valence-corrected chi connectivity index (χ4v) is 2.67. The van der Waals surface area contributed by atoms with E-state index in [4.69, 9.17) is 0 Å². The number of rotatable bonds is 8. The van der Waals surface area contributed by atoms with Gasteiger partial charge >= 0.3 is 0 Å². The summed E-state index contributed by atoms with van der Waals surface area (Å²) in [5, 5.41) is 8.13. The van der Waals surface area contributed by atoms with E-state index < -0.39 is 0 Å². The van der Waals surface area contributed by atoms with Gasteiger partial charge in [0.25, 0.3) is 0 Å². The molecule has 0 fully saturated rings. The number of hydrogen-bond acceptors (Lipinski definition) is 2. The van der Waals surface area contributed by atoms with Crippen molar-refractivity contribution < 1.29 is 0 Å². The maximum atomic E-state index is 4.51. The summed E-state index contributed by atoms with van der Waals surface area (Å²) >= 11 is 0. The zero-order valence-electron chi connectivity index (χ0n) is 13.6. The first kappa shape index (κ1) is 16.2. The summed E-state index contributed by atoms with van der Waals surface area (Å²) in [6.45, 7) is 12.2. The molecule has 1 N–H and O–H groups in total. The summed E-state index contributed by atoms with van der Waals surface area (Å²) in [6, 6.07) is 0.645. The van der Waals surface area contributed by atoms with Crippen molar-refractivity contribution in [3.8, 4) is 0 Å². The van der Waals surface area contributed by atoms with Gasteiger partial charge in [0, 0.05) is 18.8 Å². The summed E-state index contributed by atoms with van der Waals surface area (Å²) < 4.78 is 2.00. The molecule has 1 rings (SSSR count). The number of aromatic nitrogens is 2. The van der Waals surface area contributed by atoms with Crippen molar-refractivity contribution >= 4 is 0 Å². The maximum Gasteiger partial charge on any atom is 0.0628 e. The maximum absolute atomic E-state index is 4.51. The normalized spacial score (nSPS) is 13.2. The zero-order valence-corrected chi connectivity index (χ0v) is 13.6. The second kappa shape index (κ2) is 7.68. The smallest absolute Gasteiger partial charge is 0.0628 e. The van der Waals surface area contributed by atoms with Gasteiger partial charge in [0.15, 0.2) is 0 Å². The highest BCUT2D eigenvalue weighted by Gasteiger charge is 2.13. The van der Waals surface area contributed by atoms with Crippen LogP contribution in [0, 0.1) is 19.8 Å². The first-order valence-corrected chi connectivity index (χ1v) is 7.68. The van der Waals surface area contributed by atoms with E-state index in [1.807, 2.05) is 11.7 Å². The molecule has 0 saturated carbocycles. The van der Waals surface area contributed by atoms with Crippen molar-refractivity contribution in [1.82, 2.24) is 15.1 Å². The monoisotopic (exact) mass is 265 g/mol. The van der Waals surface area contributed by atoms with Crippen LogP contribution in [0.2, 0.25) is 0 Å². The second-order valence-corrected chi connectivity index (χ2v) is 6.04. The van der Waals surface area contributed by atoms with Gasteiger partial charge in [-0.3, -0.25) is 4.68 Å². The van der Waals surface area contributed by atoms with Gasteiger partial charge in [-0.15, -0.1) is 0 Å². The molecule has 0 spiro atoms. The quantitative estimate of drug-likeness (QED) is 0.781. The minimum Gasteiger partial charge on any atom is -0.314 e. The van der Waals surface area contributed by atoms with Crippen LogP contribution in [0.25, 0.3) is 0 Å². The molecule has 0 aliphatic heterocycles. The summed E-state index contributed by atoms with van der Waals surface area (Å²) in [5.74, 6) is 0.794. The Bertz CT molecular complexity index is 380. The average molecular weight is 265 g/mol. The highest BCUT2D eigenvalue weighted by atomic mass is 15.3. The predicted molar refractivity (Wildman–Crippen MR) is 82.5 cm³/mol. The summed E-state index contributed by atoms with van der Waals surface area (Å²) in [7, 11) is 2.03. The minimum atomic E-state index is 0.645. The molecule has 3 nitrogen and oxygen atoms in total. The lowest BCUT2D eigenvalue weighted by molar-refractivity contribution is 0.417. The van der Waals surface area contributed by atoms with Gasteiger partial charge in [-0.2, -0.15) is 5.10 Å². The third kappa shape index (κ3) is 4.98. The Morgan fingerprint density at radius 2 is 1.84 bits per heavy atom. The molecule has 0 aliphatic rings. The van der Waals surface area contributed by atoms with Crippen LogP contribution in [-0.2, 0) is 13.5 Å². The lowest BCUT2D eigenvalue weighted by atomic mass is 9.97. The highest BCUT2D eigenvalue weighted by molar-refractivity contribution is 5.24. The first-order chi connectivity index (χ1) is 8.95. The molecule has 1 atom stereocenters. The van der Waals surface area contributed by atoms with Gasteiger partial charge in [-0.05, 0) is 57.6 Å². The lowest BCUT2D eigenvalue weighted by Crippen LogP contribution is -2.29. The standard InChI is InChI=1S/C16H31N3/c1-7-17-15(9-8-12(2)3)10-11-16-13(4)18-19(6)14(16)5/h12,15,17H,7-11H2,1-6H3. The van der Waals surface area contributed by atoms with E-state index >= 15 is 0 Å². The molecule has 19 heavy (non-hydrogen) atoms. The van der Waals surface area contributed by atoms with E-state index in [1.165, 1.54) is 36.2 Å². The van der Waals surface area contributed by atoms with Gasteiger partial charge in [0.2, 0.25) is 0 Å². The molecule has 1 aromatic rings. The zero-order chi connectivity index (χ0) is 14.4. The molecule has 3 heteroatoms. The molecule has 0 radical (unpaired) electrons. The van der Waals surface area contributed by atoms with Crippen LogP contribution in [0.5, 0.6) is 0 Å². The van der Waals surface area contributed by atoms with E-state index in [2.05, 4.69) is 45.0 Å². The Morgan fingerprint density at radius 1 is 1.16 bits per heavy atom. The number of hydrogen-bond donors (Lipinski definition) is 1. The van der Waals surface area contributed by atoms with Gasteiger partial charge < -0.3 is 5.32 Å². The fraction of sp³-hybridized carbons (Fsp3) is 0.812. The Morgan fingerprint density at radius 3 is 2.32 bits per heavy atom. The van der Waals surface area contributed by atoms with Crippen molar-refractivity contribution in [2.45, 2.75) is 66.3 Å². The van der Waals surface area contributed by atoms with Crippen molar-refractivity contribution in [1.29, 1.82) is 0 Å². The van der Waals surface area contributed by atoms with E-state index in [0.29, 0.717) is 6.04 Å². The van der Waals surface area contributed by atoms with Crippen LogP contribution in [0.1, 0.15) is 57.0 Å². The Hall–Kier alpha value is -0.830. The van der Waals surface area contributed by atoms with Gasteiger partial charge in [-0.1, -0.05) is 20.8 Å². The average Bonchev–Trinajstić information content (AvgIpc) is 2.58. The van der Waals surface area contributed by atoms with E-state index in [0.717, 1.165) is 18.9 Å². The van der Waals surface area contributed by atoms with Crippen molar-refractivity contribution in [2.24, 2.45) is 13.0 Å². The van der Waals surface area contributed by atoms with Gasteiger partial charge in [0.05, 0.1) is 5.69 Å². The Labute approximate surface area is 118 Å². The molecule has 0 saturated heterocycles. The molecule has 110 valence electrons. The molecule has 1 heterocycles. The summed E-state index contributed by atoms with van der Waals surface area (Å²) in [4.78, 5) is 0. The second-order valence-electron chi connectivity index (χ2n) is 6.04. The molecule has 1 unspecified atom stereocenters. The topological polar surface area (TPSA) is 29.9 Å². The summed E-state index contributed by atoms with van der Waals surface area (Å²) in [6.07, 6.45) is 4.95. The van der Waals surface area contributed by atoms with E-state index in [9.17, 15) is 0 Å². The molecular formula is C16H31N3. The molecule has 1 aromatic heterocycles. The molecule has 0 amide bonds. The van der Waals surface area contributed by atoms with Crippen LogP contribution >= 0.6 is 0 Å². The molecule has 0 aliphatic carbocycles. The Kier molecular flexibility index (Phi) is 6.56. The number of nitrogens with one attached hydrogen (secondary N) is 1. The minimum absolute atomic E-state index is 0.645. The third-order valence-corrected chi connectivity index (χ3v) is 3.99. The van der Waals surface area contributed by atoms with Crippen LogP contribution in [-0.4, -0.2) is 22.4 Å². The van der Waals surface area contributed by atoms with Gasteiger partial charge in [-0.25, -0.2) is 0 Å². The van der Waals surface area contributed by atoms with Crippen LogP contribution in [0.3, 0.4) is 0 Å². The molecule has 0 aromatic carbocycles. The fourth-order valence-electron chi connectivity index (χ4n) is 2.67.